The van der Waals surface area contributed by atoms with Gasteiger partial charge < -0.3 is 14.0 Å². The maximum atomic E-state index is 13.6. The van der Waals surface area contributed by atoms with Gasteiger partial charge in [0.25, 0.3) is 0 Å². The third kappa shape index (κ3) is 5.05. The molecule has 1 fully saturated rings. The van der Waals surface area contributed by atoms with Crippen LogP contribution in [-0.4, -0.2) is 18.8 Å². The van der Waals surface area contributed by atoms with Gasteiger partial charge in [-0.15, -0.1) is 0 Å². The number of benzene rings is 2. The minimum absolute atomic E-state index is 0.0593. The first-order chi connectivity index (χ1) is 12.6. The number of ether oxygens (including phenoxy) is 1. The SMILES string of the molecule is C[C@H]1CC(C)(C)OB(c2ccc(OCc3ccccc3)c(C(F)(F)F)c2)O1. The van der Waals surface area contributed by atoms with Gasteiger partial charge in [-0.05, 0) is 50.4 Å². The van der Waals surface area contributed by atoms with Crippen LogP contribution in [-0.2, 0) is 22.1 Å². The van der Waals surface area contributed by atoms with Gasteiger partial charge in [0.2, 0.25) is 0 Å². The van der Waals surface area contributed by atoms with E-state index >= 15 is 0 Å². The maximum Gasteiger partial charge on any atom is 0.494 e. The van der Waals surface area contributed by atoms with Crippen LogP contribution in [0.4, 0.5) is 13.2 Å². The summed E-state index contributed by atoms with van der Waals surface area (Å²) in [5.41, 5.74) is -0.180. The summed E-state index contributed by atoms with van der Waals surface area (Å²) in [6, 6.07) is 13.0. The van der Waals surface area contributed by atoms with Crippen LogP contribution in [0.5, 0.6) is 5.75 Å². The Kier molecular flexibility index (Phi) is 5.54. The normalized spacial score (nSPS) is 19.8. The van der Waals surface area contributed by atoms with Crippen LogP contribution < -0.4 is 10.2 Å². The topological polar surface area (TPSA) is 27.7 Å². The van der Waals surface area contributed by atoms with Gasteiger partial charge in [-0.25, -0.2) is 0 Å². The second-order valence-electron chi connectivity index (χ2n) is 7.39. The van der Waals surface area contributed by atoms with E-state index in [-0.39, 0.29) is 18.5 Å². The van der Waals surface area contributed by atoms with Gasteiger partial charge in [0.15, 0.2) is 0 Å². The molecule has 27 heavy (non-hydrogen) atoms. The van der Waals surface area contributed by atoms with E-state index in [0.29, 0.717) is 11.9 Å². The summed E-state index contributed by atoms with van der Waals surface area (Å²) in [6.45, 7) is 5.76. The minimum Gasteiger partial charge on any atom is -0.488 e. The molecule has 3 nitrogen and oxygen atoms in total. The Morgan fingerprint density at radius 1 is 1.15 bits per heavy atom. The molecule has 1 atom stereocenters. The molecule has 0 unspecified atom stereocenters. The van der Waals surface area contributed by atoms with E-state index in [2.05, 4.69) is 0 Å². The predicted molar refractivity (Wildman–Crippen MR) is 97.9 cm³/mol. The average molecular weight is 378 g/mol. The Bertz CT molecular complexity index is 778. The van der Waals surface area contributed by atoms with Gasteiger partial charge in [-0.2, -0.15) is 13.2 Å². The van der Waals surface area contributed by atoms with E-state index in [1.54, 1.807) is 18.2 Å². The van der Waals surface area contributed by atoms with E-state index in [9.17, 15) is 13.2 Å². The summed E-state index contributed by atoms with van der Waals surface area (Å²) in [7, 11) is -0.840. The largest absolute Gasteiger partial charge is 0.494 e. The molecule has 7 heteroatoms. The molecule has 2 aromatic rings. The predicted octanol–water partition coefficient (Wildman–Crippen LogP) is 4.58. The Labute approximate surface area is 157 Å². The molecule has 0 amide bonds. The van der Waals surface area contributed by atoms with Gasteiger partial charge in [-0.3, -0.25) is 0 Å². The molecule has 1 saturated heterocycles. The van der Waals surface area contributed by atoms with Crippen molar-refractivity contribution < 1.29 is 27.2 Å². The monoisotopic (exact) mass is 378 g/mol. The van der Waals surface area contributed by atoms with Crippen LogP contribution >= 0.6 is 0 Å². The third-order valence-corrected chi connectivity index (χ3v) is 4.38. The molecular weight excluding hydrogens is 356 g/mol. The van der Waals surface area contributed by atoms with E-state index in [0.717, 1.165) is 11.6 Å². The van der Waals surface area contributed by atoms with Crippen molar-refractivity contribution in [2.75, 3.05) is 0 Å². The van der Waals surface area contributed by atoms with Crippen molar-refractivity contribution in [2.45, 2.75) is 51.7 Å². The lowest BCUT2D eigenvalue weighted by Crippen LogP contribution is -2.51. The molecule has 0 aromatic heterocycles. The van der Waals surface area contributed by atoms with Crippen molar-refractivity contribution >= 4 is 12.6 Å². The van der Waals surface area contributed by atoms with Crippen LogP contribution in [0.1, 0.15) is 38.3 Å². The van der Waals surface area contributed by atoms with Crippen molar-refractivity contribution in [3.8, 4) is 5.75 Å². The van der Waals surface area contributed by atoms with Crippen LogP contribution in [0, 0.1) is 0 Å². The van der Waals surface area contributed by atoms with Crippen molar-refractivity contribution in [2.24, 2.45) is 0 Å². The highest BCUT2D eigenvalue weighted by molar-refractivity contribution is 6.61. The van der Waals surface area contributed by atoms with Crippen LogP contribution in [0.3, 0.4) is 0 Å². The molecule has 3 rings (SSSR count). The Morgan fingerprint density at radius 3 is 2.48 bits per heavy atom. The fraction of sp³-hybridized carbons (Fsp3) is 0.400. The Hall–Kier alpha value is -1.99. The Morgan fingerprint density at radius 2 is 1.85 bits per heavy atom. The molecule has 0 aliphatic carbocycles. The molecule has 0 spiro atoms. The summed E-state index contributed by atoms with van der Waals surface area (Å²) >= 11 is 0. The molecule has 0 saturated carbocycles. The number of halogens is 3. The third-order valence-electron chi connectivity index (χ3n) is 4.38. The molecule has 144 valence electrons. The van der Waals surface area contributed by atoms with Crippen LogP contribution in [0.15, 0.2) is 48.5 Å². The smallest absolute Gasteiger partial charge is 0.488 e. The first kappa shape index (κ1) is 19.8. The molecule has 0 radical (unpaired) electrons. The van der Waals surface area contributed by atoms with Crippen LogP contribution in [0.25, 0.3) is 0 Å². The fourth-order valence-electron chi connectivity index (χ4n) is 3.24. The molecule has 1 aliphatic rings. The number of hydrogen-bond donors (Lipinski definition) is 0. The summed E-state index contributed by atoms with van der Waals surface area (Å²) in [5.74, 6) is -0.210. The van der Waals surface area contributed by atoms with Gasteiger partial charge in [0.1, 0.15) is 12.4 Å². The summed E-state index contributed by atoms with van der Waals surface area (Å²) < 4.78 is 57.8. The lowest BCUT2D eigenvalue weighted by Gasteiger charge is -2.38. The Balaban J connectivity index is 1.86. The average Bonchev–Trinajstić information content (AvgIpc) is 2.58. The van der Waals surface area contributed by atoms with Gasteiger partial charge in [0.05, 0.1) is 11.2 Å². The second kappa shape index (κ2) is 7.56. The highest BCUT2D eigenvalue weighted by atomic mass is 19.4. The number of rotatable bonds is 4. The summed E-state index contributed by atoms with van der Waals surface area (Å²) in [4.78, 5) is 0. The van der Waals surface area contributed by atoms with E-state index in [1.165, 1.54) is 6.07 Å². The zero-order chi connectivity index (χ0) is 19.7. The van der Waals surface area contributed by atoms with Crippen molar-refractivity contribution in [1.82, 2.24) is 0 Å². The molecule has 1 aliphatic heterocycles. The zero-order valence-corrected chi connectivity index (χ0v) is 15.5. The van der Waals surface area contributed by atoms with Crippen molar-refractivity contribution in [1.29, 1.82) is 0 Å². The lowest BCUT2D eigenvalue weighted by atomic mass is 9.74. The van der Waals surface area contributed by atoms with E-state index < -0.39 is 24.5 Å². The fourth-order valence-corrected chi connectivity index (χ4v) is 3.24. The maximum absolute atomic E-state index is 13.6. The van der Waals surface area contributed by atoms with E-state index in [4.69, 9.17) is 14.0 Å². The minimum atomic E-state index is -4.54. The highest BCUT2D eigenvalue weighted by Gasteiger charge is 2.41. The summed E-state index contributed by atoms with van der Waals surface area (Å²) in [5, 5.41) is 0. The molecule has 2 aromatic carbocycles. The summed E-state index contributed by atoms with van der Waals surface area (Å²) in [6.07, 6.45) is -3.98. The number of alkyl halides is 3. The highest BCUT2D eigenvalue weighted by Crippen LogP contribution is 2.36. The van der Waals surface area contributed by atoms with Crippen molar-refractivity contribution in [3.63, 3.8) is 0 Å². The number of hydrogen-bond acceptors (Lipinski definition) is 3. The molecule has 1 heterocycles. The first-order valence-electron chi connectivity index (χ1n) is 8.85. The van der Waals surface area contributed by atoms with Gasteiger partial charge in [0, 0.05) is 6.10 Å². The first-order valence-corrected chi connectivity index (χ1v) is 8.85. The van der Waals surface area contributed by atoms with Gasteiger partial charge >= 0.3 is 13.3 Å². The quantitative estimate of drug-likeness (QED) is 0.729. The van der Waals surface area contributed by atoms with Gasteiger partial charge in [-0.1, -0.05) is 36.4 Å². The van der Waals surface area contributed by atoms with Crippen LogP contribution in [0.2, 0.25) is 0 Å². The zero-order valence-electron chi connectivity index (χ0n) is 15.5. The molecule has 0 N–H and O–H groups in total. The second-order valence-corrected chi connectivity index (χ2v) is 7.39. The lowest BCUT2D eigenvalue weighted by molar-refractivity contribution is -0.139. The van der Waals surface area contributed by atoms with Crippen molar-refractivity contribution in [3.05, 3.63) is 59.7 Å². The molecule has 0 bridgehead atoms. The van der Waals surface area contributed by atoms with E-state index in [1.807, 2.05) is 39.0 Å². The standard InChI is InChI=1S/C20H22BF3O3/c1-14-12-19(2,3)27-21(26-14)16-9-10-18(17(11-16)20(22,23)24)25-13-15-7-5-4-6-8-15/h4-11,14H,12-13H2,1-3H3/t14-/m0/s1. The molecular formula is C20H22BF3O3.